The molecule has 4 rings (SSSR count). The number of terminal acetylenes is 1. The number of halogens is 2. The molecule has 1 aromatic carbocycles. The van der Waals surface area contributed by atoms with Gasteiger partial charge in [0.15, 0.2) is 11.9 Å². The highest BCUT2D eigenvalue weighted by Crippen LogP contribution is 2.56. The van der Waals surface area contributed by atoms with Crippen LogP contribution in [0.4, 0.5) is 5.82 Å². The standard InChI is InChI=1S/C37H54Cl2N5O8PS/c1-8-16-46-18-20-48-22-23-49-21-19-47-17-15-43(25-28-11-9-10-12-31(28)38)33-30-24-40-44(34(30)42-35(39)41-33)32-14-13-29(50-32)26-54-27-53(45,51-36(2,3)4)52-37(5,6)7/h1,9-12,24,29,32H,13-23,25-27H2,2-7H3. The van der Waals surface area contributed by atoms with Gasteiger partial charge in [-0.3, -0.25) is 4.57 Å². The Morgan fingerprint density at radius 2 is 1.57 bits per heavy atom. The van der Waals surface area contributed by atoms with Crippen LogP contribution in [0.3, 0.4) is 0 Å². The zero-order valence-electron chi connectivity index (χ0n) is 32.1. The molecule has 0 bridgehead atoms. The van der Waals surface area contributed by atoms with E-state index >= 15 is 0 Å². The van der Waals surface area contributed by atoms with Crippen LogP contribution in [0.15, 0.2) is 30.5 Å². The van der Waals surface area contributed by atoms with Gasteiger partial charge in [0.2, 0.25) is 5.28 Å². The third kappa shape index (κ3) is 15.2. The van der Waals surface area contributed by atoms with E-state index in [1.165, 1.54) is 11.8 Å². The molecule has 0 saturated carbocycles. The fourth-order valence-electron chi connectivity index (χ4n) is 5.59. The Hall–Kier alpha value is -1.99. The van der Waals surface area contributed by atoms with Crippen molar-refractivity contribution in [3.63, 3.8) is 0 Å². The lowest BCUT2D eigenvalue weighted by Crippen LogP contribution is -2.29. The van der Waals surface area contributed by atoms with E-state index < -0.39 is 18.8 Å². The Bertz CT molecular complexity index is 1680. The number of hydrogen-bond acceptors (Lipinski definition) is 13. The van der Waals surface area contributed by atoms with Crippen molar-refractivity contribution in [3.05, 3.63) is 46.3 Å². The number of anilines is 1. The molecular formula is C37H54Cl2N5O8PS. The summed E-state index contributed by atoms with van der Waals surface area (Å²) < 4.78 is 56.0. The summed E-state index contributed by atoms with van der Waals surface area (Å²) in [5.74, 6) is 3.64. The molecule has 300 valence electrons. The van der Waals surface area contributed by atoms with Crippen LogP contribution < -0.4 is 4.90 Å². The molecule has 2 unspecified atom stereocenters. The Morgan fingerprint density at radius 1 is 0.944 bits per heavy atom. The molecule has 3 aromatic rings. The third-order valence-corrected chi connectivity index (χ3v) is 12.4. The normalized spacial score (nSPS) is 16.6. The molecule has 1 aliphatic rings. The van der Waals surface area contributed by atoms with Gasteiger partial charge >= 0.3 is 7.60 Å². The number of rotatable bonds is 23. The van der Waals surface area contributed by atoms with Gasteiger partial charge in [-0.15, -0.1) is 18.2 Å². The van der Waals surface area contributed by atoms with Crippen LogP contribution in [0.5, 0.6) is 0 Å². The van der Waals surface area contributed by atoms with Gasteiger partial charge in [0, 0.05) is 23.9 Å². The van der Waals surface area contributed by atoms with Crippen LogP contribution in [0.1, 0.15) is 66.2 Å². The quantitative estimate of drug-likeness (QED) is 0.0396. The molecule has 17 heteroatoms. The second-order valence-electron chi connectivity index (χ2n) is 14.6. The average Bonchev–Trinajstić information content (AvgIpc) is 3.72. The van der Waals surface area contributed by atoms with Gasteiger partial charge in [0.05, 0.1) is 80.6 Å². The number of ether oxygens (including phenoxy) is 5. The van der Waals surface area contributed by atoms with Crippen LogP contribution in [0.25, 0.3) is 11.0 Å². The SMILES string of the molecule is C#CCOCCOCCOCCOCCN(Cc1ccccc1Cl)c1nc(Cl)nc2c1cnn2C1CCC(CSCP(=O)(OC(C)(C)C)OC(C)(C)C)O1. The van der Waals surface area contributed by atoms with Gasteiger partial charge in [0.25, 0.3) is 0 Å². The number of fused-ring (bicyclic) bond motifs is 1. The van der Waals surface area contributed by atoms with Gasteiger partial charge < -0.3 is 37.6 Å². The van der Waals surface area contributed by atoms with Gasteiger partial charge in [0.1, 0.15) is 12.4 Å². The molecule has 1 saturated heterocycles. The first-order chi connectivity index (χ1) is 25.7. The van der Waals surface area contributed by atoms with Crippen molar-refractivity contribution in [1.82, 2.24) is 19.7 Å². The van der Waals surface area contributed by atoms with Gasteiger partial charge in [-0.2, -0.15) is 15.1 Å². The maximum absolute atomic E-state index is 13.7. The summed E-state index contributed by atoms with van der Waals surface area (Å²) >= 11 is 14.7. The third-order valence-electron chi connectivity index (χ3n) is 7.57. The molecule has 3 heterocycles. The number of nitrogens with zero attached hydrogens (tertiary/aromatic N) is 5. The van der Waals surface area contributed by atoms with Crippen molar-refractivity contribution < 1.29 is 37.3 Å². The highest BCUT2D eigenvalue weighted by molar-refractivity contribution is 8.04. The molecule has 1 fully saturated rings. The number of thioether (sulfide) groups is 1. The van der Waals surface area contributed by atoms with E-state index in [4.69, 9.17) is 67.5 Å². The zero-order valence-corrected chi connectivity index (χ0v) is 35.4. The number of benzene rings is 1. The average molecular weight is 831 g/mol. The molecule has 13 nitrogen and oxygen atoms in total. The molecule has 54 heavy (non-hydrogen) atoms. The fourth-order valence-corrected chi connectivity index (χ4v) is 9.89. The first-order valence-electron chi connectivity index (χ1n) is 18.0. The van der Waals surface area contributed by atoms with Crippen LogP contribution in [-0.4, -0.2) is 108 Å². The van der Waals surface area contributed by atoms with Gasteiger partial charge in [-0.25, -0.2) is 4.68 Å². The molecule has 1 aliphatic heterocycles. The molecular weight excluding hydrogens is 776 g/mol. The van der Waals surface area contributed by atoms with E-state index in [9.17, 15) is 4.57 Å². The lowest BCUT2D eigenvalue weighted by atomic mass is 10.2. The maximum Gasteiger partial charge on any atom is 0.341 e. The molecule has 2 aromatic heterocycles. The predicted molar refractivity (Wildman–Crippen MR) is 215 cm³/mol. The van der Waals surface area contributed by atoms with Crippen molar-refractivity contribution >= 4 is 59.4 Å². The summed E-state index contributed by atoms with van der Waals surface area (Å²) in [6, 6.07) is 7.68. The summed E-state index contributed by atoms with van der Waals surface area (Å²) in [4.78, 5) is 11.3. The molecule has 0 aliphatic carbocycles. The highest BCUT2D eigenvalue weighted by Gasteiger charge is 2.36. The monoisotopic (exact) mass is 829 g/mol. The maximum atomic E-state index is 13.7. The minimum atomic E-state index is -3.37. The number of hydrogen-bond donors (Lipinski definition) is 0. The first-order valence-corrected chi connectivity index (χ1v) is 21.7. The Balaban J connectivity index is 1.37. The second-order valence-corrected chi connectivity index (χ2v) is 18.7. The van der Waals surface area contributed by atoms with Gasteiger partial charge in [-0.1, -0.05) is 35.7 Å². The van der Waals surface area contributed by atoms with Crippen molar-refractivity contribution in [2.45, 2.75) is 84.5 Å². The Kier molecular flexibility index (Phi) is 17.8. The van der Waals surface area contributed by atoms with Crippen molar-refractivity contribution in [2.75, 3.05) is 75.5 Å². The van der Waals surface area contributed by atoms with E-state index in [1.54, 1.807) is 10.9 Å². The highest BCUT2D eigenvalue weighted by atomic mass is 35.5. The minimum absolute atomic E-state index is 0.0844. The van der Waals surface area contributed by atoms with Crippen molar-refractivity contribution in [3.8, 4) is 12.3 Å². The van der Waals surface area contributed by atoms with Crippen LogP contribution in [-0.2, 0) is 43.8 Å². The molecule has 0 radical (unpaired) electrons. The van der Waals surface area contributed by atoms with Crippen LogP contribution in [0.2, 0.25) is 10.3 Å². The topological polar surface area (TPSA) is 129 Å². The van der Waals surface area contributed by atoms with E-state index in [-0.39, 0.29) is 29.7 Å². The Morgan fingerprint density at radius 3 is 2.20 bits per heavy atom. The van der Waals surface area contributed by atoms with Crippen LogP contribution >= 0.6 is 42.6 Å². The molecule has 2 atom stereocenters. The Labute approximate surface area is 333 Å². The lowest BCUT2D eigenvalue weighted by Gasteiger charge is -2.32. The fraction of sp³-hybridized carbons (Fsp3) is 0.649. The van der Waals surface area contributed by atoms with Crippen LogP contribution in [0, 0.1) is 12.3 Å². The van der Waals surface area contributed by atoms with E-state index in [1.807, 2.05) is 65.8 Å². The van der Waals surface area contributed by atoms with E-state index in [0.717, 1.165) is 23.8 Å². The second kappa shape index (κ2) is 21.5. The minimum Gasteiger partial charge on any atom is -0.377 e. The van der Waals surface area contributed by atoms with E-state index in [2.05, 4.69) is 20.8 Å². The summed E-state index contributed by atoms with van der Waals surface area (Å²) in [5.41, 5.74) is 0.488. The first kappa shape index (κ1) is 44.7. The summed E-state index contributed by atoms with van der Waals surface area (Å²) in [5, 5.41) is 6.15. The lowest BCUT2D eigenvalue weighted by molar-refractivity contribution is 0.00209. The van der Waals surface area contributed by atoms with E-state index in [0.29, 0.717) is 81.6 Å². The smallest absolute Gasteiger partial charge is 0.341 e. The van der Waals surface area contributed by atoms with Gasteiger partial charge in [-0.05, 0) is 77.6 Å². The predicted octanol–water partition coefficient (Wildman–Crippen LogP) is 8.03. The number of aromatic nitrogens is 4. The molecule has 0 N–H and O–H groups in total. The molecule has 0 amide bonds. The van der Waals surface area contributed by atoms with Crippen molar-refractivity contribution in [2.24, 2.45) is 0 Å². The summed E-state index contributed by atoms with van der Waals surface area (Å²) in [7, 11) is -3.37. The summed E-state index contributed by atoms with van der Waals surface area (Å²) in [6.07, 6.45) is 7.97. The zero-order chi connectivity index (χ0) is 39.2. The molecule has 0 spiro atoms. The van der Waals surface area contributed by atoms with Crippen molar-refractivity contribution in [1.29, 1.82) is 0 Å². The summed E-state index contributed by atoms with van der Waals surface area (Å²) in [6.45, 7) is 15.5. The largest absolute Gasteiger partial charge is 0.377 e.